The lowest BCUT2D eigenvalue weighted by Gasteiger charge is -2.02. The summed E-state index contributed by atoms with van der Waals surface area (Å²) in [5.74, 6) is 0.0712. The largest absolute Gasteiger partial charge is 0.545 e. The van der Waals surface area contributed by atoms with Crippen molar-refractivity contribution < 1.29 is 23.5 Å². The third kappa shape index (κ3) is 3.84. The molecule has 0 atom stereocenters. The number of carboxylic acid groups (broad SMARTS) is 1. The normalized spacial score (nSPS) is 10.9. The fourth-order valence-electron chi connectivity index (χ4n) is 2.11. The van der Waals surface area contributed by atoms with E-state index in [0.717, 1.165) is 0 Å². The number of carboxylic acids is 1. The Hall–Kier alpha value is -3.61. The van der Waals surface area contributed by atoms with Crippen LogP contribution in [0.2, 0.25) is 0 Å². The van der Waals surface area contributed by atoms with Crippen molar-refractivity contribution in [3.05, 3.63) is 71.4 Å². The fourth-order valence-corrected chi connectivity index (χ4v) is 2.11. The van der Waals surface area contributed by atoms with Crippen molar-refractivity contribution in [2.75, 3.05) is 0 Å². The molecule has 7 nitrogen and oxygen atoms in total. The van der Waals surface area contributed by atoms with Gasteiger partial charge in [0.05, 0.1) is 12.2 Å². The summed E-state index contributed by atoms with van der Waals surface area (Å²) in [5.41, 5.74) is 3.13. The standard InChI is InChI=1S/C18H14N2O5/c1-11-2-8-16(24-11)17(21)20-19-10-14-7-9-15(25-14)12-3-5-13(6-4-12)18(22)23/h2-10H,1H3,(H,20,21)(H,22,23)/p-1/b19-10-. The van der Waals surface area contributed by atoms with E-state index in [9.17, 15) is 14.7 Å². The number of hydrazone groups is 1. The predicted molar refractivity (Wildman–Crippen MR) is 87.0 cm³/mol. The molecule has 1 aromatic carbocycles. The number of hydrogen-bond acceptors (Lipinski definition) is 6. The molecule has 2 heterocycles. The Morgan fingerprint density at radius 1 is 1.04 bits per heavy atom. The second kappa shape index (κ2) is 6.88. The maximum Gasteiger partial charge on any atom is 0.307 e. The van der Waals surface area contributed by atoms with Gasteiger partial charge < -0.3 is 18.7 Å². The van der Waals surface area contributed by atoms with Gasteiger partial charge >= 0.3 is 5.91 Å². The van der Waals surface area contributed by atoms with Gasteiger partial charge in [-0.3, -0.25) is 4.79 Å². The first-order chi connectivity index (χ1) is 12.0. The molecule has 0 aliphatic carbocycles. The van der Waals surface area contributed by atoms with Crippen molar-refractivity contribution in [1.82, 2.24) is 5.43 Å². The number of furan rings is 2. The number of hydrogen-bond donors (Lipinski definition) is 1. The van der Waals surface area contributed by atoms with Crippen molar-refractivity contribution in [1.29, 1.82) is 0 Å². The first kappa shape index (κ1) is 16.3. The summed E-state index contributed by atoms with van der Waals surface area (Å²) < 4.78 is 10.8. The van der Waals surface area contributed by atoms with E-state index in [1.54, 1.807) is 43.3 Å². The molecule has 7 heteroatoms. The summed E-state index contributed by atoms with van der Waals surface area (Å²) in [6.07, 6.45) is 1.35. The summed E-state index contributed by atoms with van der Waals surface area (Å²) >= 11 is 0. The van der Waals surface area contributed by atoms with Crippen molar-refractivity contribution in [3.63, 3.8) is 0 Å². The van der Waals surface area contributed by atoms with Crippen LogP contribution in [0.1, 0.15) is 32.4 Å². The van der Waals surface area contributed by atoms with Crippen molar-refractivity contribution in [2.45, 2.75) is 6.92 Å². The molecule has 1 amide bonds. The van der Waals surface area contributed by atoms with Gasteiger partial charge in [0.1, 0.15) is 17.3 Å². The molecule has 0 radical (unpaired) electrons. The number of nitrogens with one attached hydrogen (secondary N) is 1. The van der Waals surface area contributed by atoms with E-state index >= 15 is 0 Å². The predicted octanol–water partition coefficient (Wildman–Crippen LogP) is 1.98. The summed E-state index contributed by atoms with van der Waals surface area (Å²) in [5, 5.41) is 14.5. The summed E-state index contributed by atoms with van der Waals surface area (Å²) in [7, 11) is 0. The molecular formula is C18H13N2O5-. The highest BCUT2D eigenvalue weighted by Crippen LogP contribution is 2.21. The molecule has 0 saturated carbocycles. The quantitative estimate of drug-likeness (QED) is 0.566. The van der Waals surface area contributed by atoms with Gasteiger partial charge in [-0.2, -0.15) is 5.10 Å². The summed E-state index contributed by atoms with van der Waals surface area (Å²) in [6.45, 7) is 1.74. The van der Waals surface area contributed by atoms with E-state index in [1.165, 1.54) is 18.3 Å². The van der Waals surface area contributed by atoms with Crippen LogP contribution in [-0.4, -0.2) is 18.1 Å². The first-order valence-corrected chi connectivity index (χ1v) is 7.34. The second-order valence-electron chi connectivity index (χ2n) is 5.18. The number of carbonyl (C=O) groups is 2. The topological polar surface area (TPSA) is 108 Å². The highest BCUT2D eigenvalue weighted by molar-refractivity contribution is 5.92. The number of carbonyl (C=O) groups excluding carboxylic acids is 2. The highest BCUT2D eigenvalue weighted by atomic mass is 16.4. The Balaban J connectivity index is 1.65. The van der Waals surface area contributed by atoms with Gasteiger partial charge in [-0.05, 0) is 36.8 Å². The number of benzene rings is 1. The third-order valence-corrected chi connectivity index (χ3v) is 3.35. The van der Waals surface area contributed by atoms with Crippen LogP contribution in [0.3, 0.4) is 0 Å². The number of aromatic carboxylic acids is 1. The molecule has 126 valence electrons. The number of aryl methyl sites for hydroxylation is 1. The van der Waals surface area contributed by atoms with E-state index in [-0.39, 0.29) is 11.3 Å². The van der Waals surface area contributed by atoms with Gasteiger partial charge in [-0.15, -0.1) is 0 Å². The van der Waals surface area contributed by atoms with Gasteiger partial charge in [-0.25, -0.2) is 5.43 Å². The zero-order valence-electron chi connectivity index (χ0n) is 13.2. The van der Waals surface area contributed by atoms with Crippen LogP contribution >= 0.6 is 0 Å². The number of nitrogens with zero attached hydrogens (tertiary/aromatic N) is 1. The Morgan fingerprint density at radius 3 is 2.44 bits per heavy atom. The minimum absolute atomic E-state index is 0.0907. The SMILES string of the molecule is Cc1ccc(C(=O)N/N=C\c2ccc(-c3ccc(C(=O)[O-])cc3)o2)o1. The lowest BCUT2D eigenvalue weighted by atomic mass is 10.1. The molecule has 0 bridgehead atoms. The van der Waals surface area contributed by atoms with E-state index < -0.39 is 11.9 Å². The average molecular weight is 337 g/mol. The smallest absolute Gasteiger partial charge is 0.307 e. The molecule has 3 aromatic rings. The molecular weight excluding hydrogens is 324 g/mol. The Labute approximate surface area is 142 Å². The van der Waals surface area contributed by atoms with Crippen LogP contribution in [-0.2, 0) is 0 Å². The molecule has 1 N–H and O–H groups in total. The monoisotopic (exact) mass is 337 g/mol. The molecule has 2 aromatic heterocycles. The zero-order chi connectivity index (χ0) is 17.8. The van der Waals surface area contributed by atoms with Gasteiger partial charge in [0.25, 0.3) is 0 Å². The number of rotatable bonds is 5. The second-order valence-corrected chi connectivity index (χ2v) is 5.18. The Kier molecular flexibility index (Phi) is 4.47. The molecule has 0 unspecified atom stereocenters. The molecule has 0 aliphatic rings. The molecule has 25 heavy (non-hydrogen) atoms. The minimum atomic E-state index is -1.23. The van der Waals surface area contributed by atoms with E-state index in [0.29, 0.717) is 22.8 Å². The molecule has 3 rings (SSSR count). The van der Waals surface area contributed by atoms with Crippen LogP contribution in [0, 0.1) is 6.92 Å². The van der Waals surface area contributed by atoms with Crippen LogP contribution < -0.4 is 10.5 Å². The van der Waals surface area contributed by atoms with Crippen LogP contribution in [0.25, 0.3) is 11.3 Å². The number of amides is 1. The van der Waals surface area contributed by atoms with Gasteiger partial charge in [0.2, 0.25) is 0 Å². The van der Waals surface area contributed by atoms with Crippen molar-refractivity contribution >= 4 is 18.1 Å². The summed E-state index contributed by atoms with van der Waals surface area (Å²) in [4.78, 5) is 22.5. The average Bonchev–Trinajstić information content (AvgIpc) is 3.24. The summed E-state index contributed by atoms with van der Waals surface area (Å²) in [6, 6.07) is 12.7. The van der Waals surface area contributed by atoms with Gasteiger partial charge in [-0.1, -0.05) is 24.3 Å². The van der Waals surface area contributed by atoms with Gasteiger partial charge in [0, 0.05) is 5.56 Å². The zero-order valence-corrected chi connectivity index (χ0v) is 13.2. The first-order valence-electron chi connectivity index (χ1n) is 7.34. The fraction of sp³-hybridized carbons (Fsp3) is 0.0556. The molecule has 0 spiro atoms. The van der Waals surface area contributed by atoms with Crippen LogP contribution in [0.4, 0.5) is 0 Å². The van der Waals surface area contributed by atoms with Crippen LogP contribution in [0.5, 0.6) is 0 Å². The highest BCUT2D eigenvalue weighted by Gasteiger charge is 2.08. The maximum absolute atomic E-state index is 11.8. The molecule has 0 saturated heterocycles. The maximum atomic E-state index is 11.8. The van der Waals surface area contributed by atoms with E-state index in [1.807, 2.05) is 0 Å². The molecule has 0 aliphatic heterocycles. The van der Waals surface area contributed by atoms with Gasteiger partial charge in [0.15, 0.2) is 5.76 Å². The lowest BCUT2D eigenvalue weighted by molar-refractivity contribution is -0.255. The Morgan fingerprint density at radius 2 is 1.80 bits per heavy atom. The van der Waals surface area contributed by atoms with Crippen molar-refractivity contribution in [2.24, 2.45) is 5.10 Å². The lowest BCUT2D eigenvalue weighted by Crippen LogP contribution is -2.21. The van der Waals surface area contributed by atoms with Crippen LogP contribution in [0.15, 0.2) is 62.5 Å². The van der Waals surface area contributed by atoms with Crippen molar-refractivity contribution in [3.8, 4) is 11.3 Å². The van der Waals surface area contributed by atoms with E-state index in [4.69, 9.17) is 8.83 Å². The molecule has 0 fully saturated rings. The minimum Gasteiger partial charge on any atom is -0.545 e. The Bertz CT molecular complexity index is 935. The van der Waals surface area contributed by atoms with E-state index in [2.05, 4.69) is 10.5 Å². The third-order valence-electron chi connectivity index (χ3n) is 3.35.